The lowest BCUT2D eigenvalue weighted by atomic mass is 9.96. The monoisotopic (exact) mass is 1540 g/mol. The highest BCUT2D eigenvalue weighted by atomic mass is 32.1. The van der Waals surface area contributed by atoms with E-state index in [-0.39, 0.29) is 0 Å². The predicted molar refractivity (Wildman–Crippen MR) is 502 cm³/mol. The van der Waals surface area contributed by atoms with Gasteiger partial charge in [0.1, 0.15) is 11.2 Å². The zero-order chi connectivity index (χ0) is 76.9. The Morgan fingerprint density at radius 1 is 0.207 bits per heavy atom. The van der Waals surface area contributed by atoms with Crippen LogP contribution in [0.4, 0.5) is 68.2 Å². The molecule has 5 nitrogen and oxygen atoms in total. The number of rotatable bonds is 13. The maximum absolute atomic E-state index is 6.90. The molecule has 4 aromatic heterocycles. The summed E-state index contributed by atoms with van der Waals surface area (Å²) < 4.78 is 14.6. The van der Waals surface area contributed by atoms with E-state index in [9.17, 15) is 0 Å². The van der Waals surface area contributed by atoms with Gasteiger partial charge in [-0.05, 0) is 215 Å². The number of benzene rings is 19. The molecule has 0 aliphatic heterocycles. The Morgan fingerprint density at radius 2 is 0.638 bits per heavy atom. The summed E-state index contributed by atoms with van der Waals surface area (Å²) in [6.07, 6.45) is 0. The first-order valence-electron chi connectivity index (χ1n) is 39.4. The minimum atomic E-state index is 0.864. The molecule has 0 radical (unpaired) electrons. The quantitative estimate of drug-likeness (QED) is 0.107. The van der Waals surface area contributed by atoms with Gasteiger partial charge in [-0.3, -0.25) is 0 Å². The Balaban J connectivity index is 0.000000142. The summed E-state index contributed by atoms with van der Waals surface area (Å²) in [6.45, 7) is 4.36. The summed E-state index contributed by atoms with van der Waals surface area (Å²) in [5.41, 5.74) is 20.2. The van der Waals surface area contributed by atoms with Gasteiger partial charge in [0.2, 0.25) is 0 Å². The van der Waals surface area contributed by atoms with Crippen LogP contribution in [0.5, 0.6) is 0 Å². The molecule has 0 N–H and O–H groups in total. The SMILES string of the molecule is Cc1cccc(N(c2cccc(C)c2)c2cc3c4ccc(N(c5ccc(-c6ccccc6)cc5)c5cccc6sc7ccccc7c56)cc4sc3c3c2ccc2ccccc23)c1.c1ccc(N(c2ccccc2)c2ccc3c(c2)oc2c4ccccc4c4cc(N(c5ccccc5)c5cccc6sc7ccccc7c56)ccc4c32)cc1. The Bertz CT molecular complexity index is 7680. The summed E-state index contributed by atoms with van der Waals surface area (Å²) in [4.78, 5) is 9.63. The van der Waals surface area contributed by atoms with Gasteiger partial charge in [-0.1, -0.05) is 243 Å². The van der Waals surface area contributed by atoms with Crippen LogP contribution in [0.15, 0.2) is 405 Å². The molecule has 116 heavy (non-hydrogen) atoms. The first-order chi connectivity index (χ1) is 57.3. The van der Waals surface area contributed by atoms with E-state index in [1.165, 1.54) is 138 Å². The highest BCUT2D eigenvalue weighted by Gasteiger charge is 2.27. The number of aryl methyl sites for hydroxylation is 2. The zero-order valence-corrected chi connectivity index (χ0v) is 66.0. The summed E-state index contributed by atoms with van der Waals surface area (Å²) in [7, 11) is 0. The molecule has 0 bridgehead atoms. The Labute approximate surface area is 683 Å². The van der Waals surface area contributed by atoms with Crippen LogP contribution in [-0.4, -0.2) is 0 Å². The number of nitrogens with zero attached hydrogens (tertiary/aromatic N) is 4. The predicted octanol–water partition coefficient (Wildman–Crippen LogP) is 33.2. The van der Waals surface area contributed by atoms with Crippen molar-refractivity contribution in [1.82, 2.24) is 0 Å². The number of hydrogen-bond donors (Lipinski definition) is 0. The number of para-hydroxylation sites is 3. The molecule has 8 heteroatoms. The van der Waals surface area contributed by atoms with Gasteiger partial charge in [0.25, 0.3) is 0 Å². The molecule has 4 heterocycles. The fourth-order valence-electron chi connectivity index (χ4n) is 17.7. The van der Waals surface area contributed by atoms with Gasteiger partial charge in [-0.2, -0.15) is 0 Å². The number of furan rings is 1. The average Bonchev–Trinajstić information content (AvgIpc) is 1.58. The van der Waals surface area contributed by atoms with Crippen LogP contribution in [0, 0.1) is 13.8 Å². The molecule has 0 saturated carbocycles. The molecule has 19 aromatic carbocycles. The van der Waals surface area contributed by atoms with Crippen LogP contribution in [0.25, 0.3) is 137 Å². The van der Waals surface area contributed by atoms with Crippen molar-refractivity contribution in [3.05, 3.63) is 412 Å². The Kier molecular flexibility index (Phi) is 16.9. The van der Waals surface area contributed by atoms with Crippen molar-refractivity contribution in [3.63, 3.8) is 0 Å². The molecule has 0 fully saturated rings. The second-order valence-corrected chi connectivity index (χ2v) is 33.2. The van der Waals surface area contributed by atoms with Crippen molar-refractivity contribution < 1.29 is 4.42 Å². The van der Waals surface area contributed by atoms with Gasteiger partial charge >= 0.3 is 0 Å². The third-order valence-electron chi connectivity index (χ3n) is 22.9. The second-order valence-electron chi connectivity index (χ2n) is 30.0. The molecule has 0 saturated heterocycles. The van der Waals surface area contributed by atoms with Gasteiger partial charge in [0.05, 0.1) is 17.1 Å². The smallest absolute Gasteiger partial charge is 0.143 e. The van der Waals surface area contributed by atoms with Gasteiger partial charge in [0.15, 0.2) is 0 Å². The summed E-state index contributed by atoms with van der Waals surface area (Å²) in [5.74, 6) is 0. The molecule has 23 aromatic rings. The van der Waals surface area contributed by atoms with Crippen molar-refractivity contribution in [2.24, 2.45) is 0 Å². The van der Waals surface area contributed by atoms with E-state index in [1.807, 2.05) is 34.0 Å². The van der Waals surface area contributed by atoms with Gasteiger partial charge in [-0.15, -0.1) is 34.0 Å². The fourth-order valence-corrected chi connectivity index (χ4v) is 21.3. The van der Waals surface area contributed by atoms with Crippen molar-refractivity contribution in [2.45, 2.75) is 13.8 Å². The number of anilines is 12. The van der Waals surface area contributed by atoms with Crippen molar-refractivity contribution in [3.8, 4) is 11.1 Å². The molecule has 0 aliphatic carbocycles. The summed E-state index contributed by atoms with van der Waals surface area (Å²) >= 11 is 5.62. The van der Waals surface area contributed by atoms with E-state index in [0.717, 1.165) is 78.5 Å². The Hall–Kier alpha value is -14.1. The molecule has 0 atom stereocenters. The second kappa shape index (κ2) is 28.5. The van der Waals surface area contributed by atoms with E-state index in [4.69, 9.17) is 4.42 Å². The first kappa shape index (κ1) is 68.7. The standard InChI is InChI=1S/C58H40N2S2.C50H32N2OS/c1-37-13-10-18-43(33-37)60(44-19-11-14-38(2)34-44)52-36-50-47-32-30-45(35-55(47)62-58(50)56-46-20-7-6-17-41(46)27-31-48(52)56)59(42-28-25-40(26-29-42)39-15-4-3-5-16-39)51-22-12-24-54-57(51)49-21-8-9-23-53(49)61-54;1-4-15-33(16-5-1)51(34-17-6-2-7-18-34)37-28-30-41-45(32-37)53-50-40-22-11-10-21-38(40)43-31-36(27-29-39(43)48(41)50)52(35-19-8-3-9-20-35)44-24-14-26-47-49(44)42-23-12-13-25-46(42)54-47/h3-36H,1-2H3;1-32H. The van der Waals surface area contributed by atoms with Gasteiger partial charge < -0.3 is 24.0 Å². The number of thiophene rings is 3. The van der Waals surface area contributed by atoms with Crippen LogP contribution in [0.2, 0.25) is 0 Å². The third kappa shape index (κ3) is 11.8. The van der Waals surface area contributed by atoms with Crippen molar-refractivity contribution in [2.75, 3.05) is 19.6 Å². The normalized spacial score (nSPS) is 11.7. The largest absolute Gasteiger partial charge is 0.455 e. The van der Waals surface area contributed by atoms with E-state index in [1.54, 1.807) is 0 Å². The zero-order valence-electron chi connectivity index (χ0n) is 63.5. The van der Waals surface area contributed by atoms with Crippen LogP contribution in [0.3, 0.4) is 0 Å². The van der Waals surface area contributed by atoms with Crippen LogP contribution in [-0.2, 0) is 0 Å². The molecule has 0 spiro atoms. The first-order valence-corrected chi connectivity index (χ1v) is 41.9. The lowest BCUT2D eigenvalue weighted by molar-refractivity contribution is 0.673. The van der Waals surface area contributed by atoms with Crippen LogP contribution in [0.1, 0.15) is 11.1 Å². The maximum atomic E-state index is 6.90. The summed E-state index contributed by atoms with van der Waals surface area (Å²) in [6, 6.07) is 146. The lowest BCUT2D eigenvalue weighted by Gasteiger charge is -2.28. The number of hydrogen-bond acceptors (Lipinski definition) is 8. The number of fused-ring (bicyclic) bond motifs is 21. The van der Waals surface area contributed by atoms with Crippen LogP contribution < -0.4 is 19.6 Å². The molecular weight excluding hydrogens is 1470 g/mol. The molecule has 23 rings (SSSR count). The van der Waals surface area contributed by atoms with Crippen molar-refractivity contribution in [1.29, 1.82) is 0 Å². The third-order valence-corrected chi connectivity index (χ3v) is 26.3. The average molecular weight is 1540 g/mol. The molecule has 0 amide bonds. The van der Waals surface area contributed by atoms with Crippen LogP contribution >= 0.6 is 34.0 Å². The summed E-state index contributed by atoms with van der Waals surface area (Å²) in [5, 5.41) is 19.6. The van der Waals surface area contributed by atoms with E-state index in [2.05, 4.69) is 434 Å². The topological polar surface area (TPSA) is 26.1 Å². The minimum Gasteiger partial charge on any atom is -0.455 e. The fraction of sp³-hybridized carbons (Fsp3) is 0.0185. The molecule has 0 aliphatic rings. The molecular formula is C108H72N4OS3. The Morgan fingerprint density at radius 3 is 1.24 bits per heavy atom. The maximum Gasteiger partial charge on any atom is 0.143 e. The van der Waals surface area contributed by atoms with E-state index < -0.39 is 0 Å². The van der Waals surface area contributed by atoms with Gasteiger partial charge in [-0.25, -0.2) is 0 Å². The highest BCUT2D eigenvalue weighted by Crippen LogP contribution is 2.54. The molecule has 0 unspecified atom stereocenters. The van der Waals surface area contributed by atoms with E-state index in [0.29, 0.717) is 0 Å². The van der Waals surface area contributed by atoms with Crippen molar-refractivity contribution >= 4 is 228 Å². The van der Waals surface area contributed by atoms with E-state index >= 15 is 0 Å². The lowest BCUT2D eigenvalue weighted by Crippen LogP contribution is -2.11. The highest BCUT2D eigenvalue weighted by molar-refractivity contribution is 7.27. The van der Waals surface area contributed by atoms with Gasteiger partial charge in [0, 0.05) is 145 Å². The molecule has 548 valence electrons. The minimum absolute atomic E-state index is 0.864.